The monoisotopic (exact) mass is 229 g/mol. The van der Waals surface area contributed by atoms with Gasteiger partial charge in [0, 0.05) is 24.3 Å². The predicted octanol–water partition coefficient (Wildman–Crippen LogP) is 2.38. The summed E-state index contributed by atoms with van der Waals surface area (Å²) in [5.74, 6) is 0.441. The van der Waals surface area contributed by atoms with Crippen LogP contribution in [0.25, 0.3) is 0 Å². The Hall–Kier alpha value is -1.15. The third kappa shape index (κ3) is 1.81. The molecule has 0 radical (unpaired) electrons. The van der Waals surface area contributed by atoms with Gasteiger partial charge >= 0.3 is 0 Å². The number of fused-ring (bicyclic) bond motifs is 2. The highest BCUT2D eigenvalue weighted by Crippen LogP contribution is 2.45. The summed E-state index contributed by atoms with van der Waals surface area (Å²) < 4.78 is 0. The number of ketones is 1. The van der Waals surface area contributed by atoms with E-state index >= 15 is 0 Å². The van der Waals surface area contributed by atoms with Crippen LogP contribution in [0, 0.1) is 0 Å². The van der Waals surface area contributed by atoms with Crippen molar-refractivity contribution in [1.29, 1.82) is 0 Å². The Kier molecular flexibility index (Phi) is 2.55. The SMILES string of the molecule is CN1CC[C@]2(c3ccccc3)CC(=O)C[C@@H]1C2. The van der Waals surface area contributed by atoms with E-state index in [1.165, 1.54) is 5.56 Å². The van der Waals surface area contributed by atoms with E-state index in [1.54, 1.807) is 0 Å². The van der Waals surface area contributed by atoms with E-state index in [-0.39, 0.29) is 5.41 Å². The molecule has 1 aliphatic heterocycles. The van der Waals surface area contributed by atoms with Crippen molar-refractivity contribution in [1.82, 2.24) is 4.90 Å². The van der Waals surface area contributed by atoms with E-state index in [4.69, 9.17) is 0 Å². The fourth-order valence-corrected chi connectivity index (χ4v) is 3.54. The molecule has 2 aliphatic rings. The molecule has 0 spiro atoms. The summed E-state index contributed by atoms with van der Waals surface area (Å²) in [6.45, 7) is 1.12. The normalized spacial score (nSPS) is 33.7. The lowest BCUT2D eigenvalue weighted by Crippen LogP contribution is -2.52. The molecule has 2 heteroatoms. The Morgan fingerprint density at radius 1 is 1.29 bits per heavy atom. The minimum atomic E-state index is 0.133. The van der Waals surface area contributed by atoms with Gasteiger partial charge in [0.1, 0.15) is 5.78 Å². The van der Waals surface area contributed by atoms with Crippen LogP contribution in [-0.4, -0.2) is 30.3 Å². The maximum Gasteiger partial charge on any atom is 0.135 e. The zero-order valence-corrected chi connectivity index (χ0v) is 10.4. The number of benzene rings is 1. The van der Waals surface area contributed by atoms with Crippen LogP contribution >= 0.6 is 0 Å². The van der Waals surface area contributed by atoms with E-state index in [2.05, 4.69) is 42.3 Å². The number of likely N-dealkylation sites (tertiary alicyclic amines) is 1. The van der Waals surface area contributed by atoms with Crippen LogP contribution < -0.4 is 0 Å². The smallest absolute Gasteiger partial charge is 0.135 e. The fraction of sp³-hybridized carbons (Fsp3) is 0.533. The van der Waals surface area contributed by atoms with Crippen molar-refractivity contribution in [3.8, 4) is 0 Å². The van der Waals surface area contributed by atoms with Gasteiger partial charge in [-0.15, -0.1) is 0 Å². The van der Waals surface area contributed by atoms with Crippen LogP contribution in [0.5, 0.6) is 0 Å². The van der Waals surface area contributed by atoms with Gasteiger partial charge in [0.05, 0.1) is 0 Å². The molecule has 0 N–H and O–H groups in total. The zero-order chi connectivity index (χ0) is 11.9. The molecule has 2 nitrogen and oxygen atoms in total. The summed E-state index contributed by atoms with van der Waals surface area (Å²) in [4.78, 5) is 14.3. The van der Waals surface area contributed by atoms with Gasteiger partial charge < -0.3 is 4.90 Å². The predicted molar refractivity (Wildman–Crippen MR) is 68.0 cm³/mol. The van der Waals surface area contributed by atoms with Crippen molar-refractivity contribution in [3.63, 3.8) is 0 Å². The van der Waals surface area contributed by atoms with Crippen LogP contribution in [0.4, 0.5) is 0 Å². The van der Waals surface area contributed by atoms with Gasteiger partial charge in [-0.2, -0.15) is 0 Å². The lowest BCUT2D eigenvalue weighted by atomic mass is 9.63. The molecule has 0 unspecified atom stereocenters. The third-order valence-electron chi connectivity index (χ3n) is 4.58. The molecular weight excluding hydrogens is 210 g/mol. The van der Waals surface area contributed by atoms with Crippen molar-refractivity contribution in [2.45, 2.75) is 37.1 Å². The highest BCUT2D eigenvalue weighted by Gasteiger charge is 2.45. The molecule has 90 valence electrons. The molecule has 2 bridgehead atoms. The highest BCUT2D eigenvalue weighted by atomic mass is 16.1. The average molecular weight is 229 g/mol. The van der Waals surface area contributed by atoms with Gasteiger partial charge in [0.2, 0.25) is 0 Å². The van der Waals surface area contributed by atoms with Gasteiger partial charge in [-0.3, -0.25) is 4.79 Å². The van der Waals surface area contributed by atoms with Gasteiger partial charge in [0.25, 0.3) is 0 Å². The fourth-order valence-electron chi connectivity index (χ4n) is 3.54. The van der Waals surface area contributed by atoms with Gasteiger partial charge in [-0.1, -0.05) is 30.3 Å². The average Bonchev–Trinajstić information content (AvgIpc) is 2.35. The van der Waals surface area contributed by atoms with Crippen LogP contribution in [0.3, 0.4) is 0 Å². The molecule has 0 aromatic heterocycles. The number of nitrogens with zero attached hydrogens (tertiary/aromatic N) is 1. The lowest BCUT2D eigenvalue weighted by molar-refractivity contribution is -0.126. The number of rotatable bonds is 1. The zero-order valence-electron chi connectivity index (χ0n) is 10.4. The maximum absolute atomic E-state index is 12.0. The number of carbonyl (C=O) groups is 1. The minimum Gasteiger partial charge on any atom is -0.303 e. The number of piperidine rings is 1. The Labute approximate surface area is 103 Å². The standard InChI is InChI=1S/C15H19NO/c1-16-8-7-15(12-5-3-2-4-6-12)10-13(16)9-14(17)11-15/h2-6,13H,7-11H2,1H3/t13-,15-/m1/s1. The minimum absolute atomic E-state index is 0.133. The third-order valence-corrected chi connectivity index (χ3v) is 4.58. The number of carbonyl (C=O) groups excluding carboxylic acids is 1. The summed E-state index contributed by atoms with van der Waals surface area (Å²) in [6.07, 6.45) is 3.78. The maximum atomic E-state index is 12.0. The first-order valence-corrected chi connectivity index (χ1v) is 6.47. The molecule has 1 saturated carbocycles. The molecule has 1 saturated heterocycles. The van der Waals surface area contributed by atoms with Gasteiger partial charge in [-0.25, -0.2) is 0 Å². The summed E-state index contributed by atoms with van der Waals surface area (Å²) in [5.41, 5.74) is 1.50. The second kappa shape index (κ2) is 3.95. The summed E-state index contributed by atoms with van der Waals surface area (Å²) in [7, 11) is 2.15. The molecule has 2 atom stereocenters. The van der Waals surface area contributed by atoms with Crippen molar-refractivity contribution in [3.05, 3.63) is 35.9 Å². The largest absolute Gasteiger partial charge is 0.303 e. The molecule has 1 aromatic carbocycles. The van der Waals surface area contributed by atoms with E-state index in [9.17, 15) is 4.79 Å². The molecule has 2 fully saturated rings. The lowest BCUT2D eigenvalue weighted by Gasteiger charge is -2.49. The van der Waals surface area contributed by atoms with Crippen LogP contribution in [-0.2, 0) is 10.2 Å². The number of hydrogen-bond acceptors (Lipinski definition) is 2. The van der Waals surface area contributed by atoms with E-state index < -0.39 is 0 Å². The highest BCUT2D eigenvalue weighted by molar-refractivity contribution is 5.82. The molecule has 1 aliphatic carbocycles. The van der Waals surface area contributed by atoms with Gasteiger partial charge in [-0.05, 0) is 32.0 Å². The van der Waals surface area contributed by atoms with E-state index in [1.807, 2.05) is 0 Å². The molecule has 0 amide bonds. The van der Waals surface area contributed by atoms with Crippen molar-refractivity contribution < 1.29 is 4.79 Å². The van der Waals surface area contributed by atoms with Crippen molar-refractivity contribution in [2.75, 3.05) is 13.6 Å². The first kappa shape index (κ1) is 11.0. The number of Topliss-reactive ketones (excluding diaryl/α,β-unsaturated/α-hetero) is 1. The Balaban J connectivity index is 1.98. The van der Waals surface area contributed by atoms with Gasteiger partial charge in [0.15, 0.2) is 0 Å². The summed E-state index contributed by atoms with van der Waals surface area (Å²) in [5, 5.41) is 0. The van der Waals surface area contributed by atoms with Crippen molar-refractivity contribution in [2.24, 2.45) is 0 Å². The number of hydrogen-bond donors (Lipinski definition) is 0. The Morgan fingerprint density at radius 3 is 2.82 bits per heavy atom. The molecule has 17 heavy (non-hydrogen) atoms. The van der Waals surface area contributed by atoms with Crippen LogP contribution in [0.15, 0.2) is 30.3 Å². The second-order valence-corrected chi connectivity index (χ2v) is 5.65. The summed E-state index contributed by atoms with van der Waals surface area (Å²) in [6, 6.07) is 11.1. The van der Waals surface area contributed by atoms with E-state index in [0.29, 0.717) is 11.8 Å². The van der Waals surface area contributed by atoms with Crippen LogP contribution in [0.1, 0.15) is 31.2 Å². The topological polar surface area (TPSA) is 20.3 Å². The second-order valence-electron chi connectivity index (χ2n) is 5.65. The first-order chi connectivity index (χ1) is 8.20. The summed E-state index contributed by atoms with van der Waals surface area (Å²) >= 11 is 0. The molecule has 3 rings (SSSR count). The molecule has 1 aromatic rings. The van der Waals surface area contributed by atoms with Crippen molar-refractivity contribution >= 4 is 5.78 Å². The Morgan fingerprint density at radius 2 is 2.06 bits per heavy atom. The Bertz CT molecular complexity index is 428. The quantitative estimate of drug-likeness (QED) is 0.737. The van der Waals surface area contributed by atoms with E-state index in [0.717, 1.165) is 32.2 Å². The molecular formula is C15H19NO. The van der Waals surface area contributed by atoms with Crippen LogP contribution in [0.2, 0.25) is 0 Å². The first-order valence-electron chi connectivity index (χ1n) is 6.47. The molecule has 1 heterocycles.